The number of halogens is 1. The minimum Gasteiger partial charge on any atom is -0.488 e. The highest BCUT2D eigenvalue weighted by Gasteiger charge is 2.09. The van der Waals surface area contributed by atoms with Gasteiger partial charge in [-0.2, -0.15) is 5.26 Å². The molecule has 0 aliphatic carbocycles. The number of hydrogen-bond acceptors (Lipinski definition) is 2. The van der Waals surface area contributed by atoms with E-state index in [1.165, 1.54) is 6.07 Å². The lowest BCUT2D eigenvalue weighted by Crippen LogP contribution is -1.97. The average Bonchev–Trinajstić information content (AvgIpc) is 2.67. The van der Waals surface area contributed by atoms with Crippen molar-refractivity contribution in [2.75, 3.05) is 0 Å². The zero-order valence-electron chi connectivity index (χ0n) is 13.5. The molecule has 0 aliphatic heterocycles. The number of para-hydroxylation sites is 1. The maximum absolute atomic E-state index is 14.0. The van der Waals surface area contributed by atoms with E-state index < -0.39 is 5.82 Å². The Hall–Kier alpha value is -3.38. The summed E-state index contributed by atoms with van der Waals surface area (Å²) in [4.78, 5) is 0. The summed E-state index contributed by atoms with van der Waals surface area (Å²) in [6, 6.07) is 25.6. The van der Waals surface area contributed by atoms with E-state index in [0.717, 1.165) is 11.1 Å². The molecule has 25 heavy (non-hydrogen) atoms. The third-order valence-electron chi connectivity index (χ3n) is 3.74. The highest BCUT2D eigenvalue weighted by Crippen LogP contribution is 2.26. The quantitative estimate of drug-likeness (QED) is 0.459. The molecular weight excluding hydrogens is 313 g/mol. The average molecular weight is 329 g/mol. The lowest BCUT2D eigenvalue weighted by atomic mass is 10.0. The first-order valence-electron chi connectivity index (χ1n) is 7.90. The van der Waals surface area contributed by atoms with Crippen LogP contribution in [0.4, 0.5) is 4.39 Å². The van der Waals surface area contributed by atoms with Crippen LogP contribution in [0.1, 0.15) is 16.7 Å². The Bertz CT molecular complexity index is 926. The summed E-state index contributed by atoms with van der Waals surface area (Å²) >= 11 is 0. The Balaban J connectivity index is 1.90. The largest absolute Gasteiger partial charge is 0.488 e. The van der Waals surface area contributed by atoms with Crippen LogP contribution in [-0.4, -0.2) is 0 Å². The van der Waals surface area contributed by atoms with Crippen LogP contribution in [0.3, 0.4) is 0 Å². The van der Waals surface area contributed by atoms with Crippen molar-refractivity contribution in [2.45, 2.75) is 6.61 Å². The van der Waals surface area contributed by atoms with Crippen LogP contribution in [0.5, 0.6) is 5.75 Å². The molecule has 0 spiro atoms. The molecule has 3 aromatic carbocycles. The summed E-state index contributed by atoms with van der Waals surface area (Å²) in [5, 5.41) is 9.44. The summed E-state index contributed by atoms with van der Waals surface area (Å²) in [5.74, 6) is 0.230. The van der Waals surface area contributed by atoms with E-state index in [4.69, 9.17) is 4.74 Å². The van der Waals surface area contributed by atoms with Gasteiger partial charge in [-0.15, -0.1) is 0 Å². The van der Waals surface area contributed by atoms with Crippen LogP contribution in [0, 0.1) is 17.1 Å². The molecule has 3 aromatic rings. The molecule has 0 unspecified atom stereocenters. The molecule has 0 aromatic heterocycles. The minimum atomic E-state index is -0.419. The Morgan fingerprint density at radius 3 is 2.36 bits per heavy atom. The summed E-state index contributed by atoms with van der Waals surface area (Å²) in [5.41, 5.74) is 2.32. The van der Waals surface area contributed by atoms with E-state index in [2.05, 4.69) is 6.07 Å². The van der Waals surface area contributed by atoms with Crippen LogP contribution in [0.25, 0.3) is 11.6 Å². The smallest absolute Gasteiger partial charge is 0.131 e. The number of nitriles is 1. The van der Waals surface area contributed by atoms with E-state index in [0.29, 0.717) is 12.4 Å². The van der Waals surface area contributed by atoms with Gasteiger partial charge in [-0.3, -0.25) is 0 Å². The van der Waals surface area contributed by atoms with Gasteiger partial charge in [0.1, 0.15) is 18.2 Å². The molecule has 0 radical (unpaired) electrons. The molecule has 3 rings (SSSR count). The van der Waals surface area contributed by atoms with Crippen molar-refractivity contribution in [3.05, 3.63) is 101 Å². The van der Waals surface area contributed by atoms with Crippen LogP contribution in [-0.2, 0) is 6.61 Å². The molecule has 3 heteroatoms. The molecule has 0 fully saturated rings. The predicted molar refractivity (Wildman–Crippen MR) is 97.1 cm³/mol. The third kappa shape index (κ3) is 4.13. The van der Waals surface area contributed by atoms with Gasteiger partial charge in [0.2, 0.25) is 0 Å². The van der Waals surface area contributed by atoms with Crippen molar-refractivity contribution in [1.82, 2.24) is 0 Å². The van der Waals surface area contributed by atoms with Gasteiger partial charge < -0.3 is 4.74 Å². The number of hydrogen-bond donors (Lipinski definition) is 0. The highest BCUT2D eigenvalue weighted by molar-refractivity contribution is 5.90. The highest BCUT2D eigenvalue weighted by atomic mass is 19.1. The molecule has 122 valence electrons. The first kappa shape index (κ1) is 16.5. The topological polar surface area (TPSA) is 33.0 Å². The van der Waals surface area contributed by atoms with Crippen molar-refractivity contribution in [1.29, 1.82) is 5.26 Å². The van der Waals surface area contributed by atoms with Gasteiger partial charge in [0.15, 0.2) is 0 Å². The van der Waals surface area contributed by atoms with Crippen molar-refractivity contribution < 1.29 is 9.13 Å². The molecule has 0 N–H and O–H groups in total. The van der Waals surface area contributed by atoms with Crippen LogP contribution < -0.4 is 4.74 Å². The molecule has 0 saturated carbocycles. The zero-order chi connectivity index (χ0) is 17.5. The Morgan fingerprint density at radius 1 is 0.920 bits per heavy atom. The molecule has 2 nitrogen and oxygen atoms in total. The molecule has 0 aliphatic rings. The van der Waals surface area contributed by atoms with E-state index in [1.54, 1.807) is 24.3 Å². The molecule has 0 atom stereocenters. The minimum absolute atomic E-state index is 0.258. The third-order valence-corrected chi connectivity index (χ3v) is 3.74. The summed E-state index contributed by atoms with van der Waals surface area (Å²) in [6.07, 6.45) is 1.65. The van der Waals surface area contributed by atoms with Crippen LogP contribution >= 0.6 is 0 Å². The Kier molecular flexibility index (Phi) is 5.23. The van der Waals surface area contributed by atoms with Gasteiger partial charge in [-0.1, -0.05) is 66.7 Å². The lowest BCUT2D eigenvalue weighted by molar-refractivity contribution is 0.305. The molecule has 0 heterocycles. The van der Waals surface area contributed by atoms with E-state index >= 15 is 0 Å². The predicted octanol–water partition coefficient (Wildman–Crippen LogP) is 5.47. The fourth-order valence-corrected chi connectivity index (χ4v) is 2.47. The Morgan fingerprint density at radius 2 is 1.60 bits per heavy atom. The second kappa shape index (κ2) is 7.94. The number of allylic oxidation sites excluding steroid dienone is 1. The molecule has 0 bridgehead atoms. The zero-order valence-corrected chi connectivity index (χ0v) is 13.5. The number of rotatable bonds is 5. The van der Waals surface area contributed by atoms with Crippen molar-refractivity contribution in [3.8, 4) is 11.8 Å². The van der Waals surface area contributed by atoms with Crippen molar-refractivity contribution >= 4 is 11.6 Å². The van der Waals surface area contributed by atoms with Crippen LogP contribution in [0.15, 0.2) is 78.9 Å². The second-order valence-electron chi connectivity index (χ2n) is 5.46. The van der Waals surface area contributed by atoms with Gasteiger partial charge in [-0.05, 0) is 23.8 Å². The summed E-state index contributed by atoms with van der Waals surface area (Å²) < 4.78 is 19.9. The van der Waals surface area contributed by atoms with Gasteiger partial charge >= 0.3 is 0 Å². The van der Waals surface area contributed by atoms with Gasteiger partial charge in [0, 0.05) is 11.1 Å². The van der Waals surface area contributed by atoms with E-state index in [1.807, 2.05) is 54.6 Å². The van der Waals surface area contributed by atoms with Crippen molar-refractivity contribution in [3.63, 3.8) is 0 Å². The maximum atomic E-state index is 14.0. The standard InChI is InChI=1S/C22H16FNO/c23-21-12-6-5-11-20(21)19(15-24)14-18-10-4-7-13-22(18)25-16-17-8-2-1-3-9-17/h1-14H,16H2. The van der Waals surface area contributed by atoms with Gasteiger partial charge in [0.25, 0.3) is 0 Å². The number of ether oxygens (including phenoxy) is 1. The number of nitrogens with zero attached hydrogens (tertiary/aromatic N) is 1. The normalized spacial score (nSPS) is 11.0. The summed E-state index contributed by atoms with van der Waals surface area (Å²) in [6.45, 7) is 0.424. The van der Waals surface area contributed by atoms with Crippen molar-refractivity contribution in [2.24, 2.45) is 0 Å². The van der Waals surface area contributed by atoms with Gasteiger partial charge in [0.05, 0.1) is 11.6 Å². The molecule has 0 amide bonds. The number of benzene rings is 3. The van der Waals surface area contributed by atoms with Crippen LogP contribution in [0.2, 0.25) is 0 Å². The fraction of sp³-hybridized carbons (Fsp3) is 0.0455. The van der Waals surface area contributed by atoms with E-state index in [9.17, 15) is 9.65 Å². The first-order valence-corrected chi connectivity index (χ1v) is 7.90. The fourth-order valence-electron chi connectivity index (χ4n) is 2.47. The van der Waals surface area contributed by atoms with Gasteiger partial charge in [-0.25, -0.2) is 4.39 Å². The lowest BCUT2D eigenvalue weighted by Gasteiger charge is -2.10. The first-order chi connectivity index (χ1) is 12.3. The maximum Gasteiger partial charge on any atom is 0.131 e. The second-order valence-corrected chi connectivity index (χ2v) is 5.46. The monoisotopic (exact) mass is 329 g/mol. The Labute approximate surface area is 146 Å². The molecule has 0 saturated heterocycles. The van der Waals surface area contributed by atoms with E-state index in [-0.39, 0.29) is 11.1 Å². The summed E-state index contributed by atoms with van der Waals surface area (Å²) in [7, 11) is 0. The molecular formula is C22H16FNO. The SMILES string of the molecule is N#CC(=Cc1ccccc1OCc1ccccc1)c1ccccc1F.